The highest BCUT2D eigenvalue weighted by molar-refractivity contribution is 5.80. The molecular formula is C8H15NO2. The van der Waals surface area contributed by atoms with E-state index in [1.54, 1.807) is 7.11 Å². The number of Topliss-reactive ketones (excluding diaryl/α,β-unsaturated/α-hetero) is 1. The molecule has 1 rings (SSSR count). The molecule has 0 aromatic carbocycles. The third-order valence-electron chi connectivity index (χ3n) is 2.05. The molecule has 64 valence electrons. The van der Waals surface area contributed by atoms with Crippen LogP contribution < -0.4 is 0 Å². The highest BCUT2D eigenvalue weighted by Gasteiger charge is 2.26. The quantitative estimate of drug-likeness (QED) is 0.587. The largest absolute Gasteiger partial charge is 0.379 e. The molecule has 3 heteroatoms. The van der Waals surface area contributed by atoms with Gasteiger partial charge in [0.25, 0.3) is 0 Å². The topological polar surface area (TPSA) is 29.5 Å². The summed E-state index contributed by atoms with van der Waals surface area (Å²) in [5, 5.41) is 0. The molecule has 0 aliphatic carbocycles. The Morgan fingerprint density at radius 1 is 1.64 bits per heavy atom. The van der Waals surface area contributed by atoms with Crippen LogP contribution in [0.5, 0.6) is 0 Å². The monoisotopic (exact) mass is 157 g/mol. The van der Waals surface area contributed by atoms with Crippen LogP contribution in [-0.4, -0.2) is 43.5 Å². The van der Waals surface area contributed by atoms with E-state index in [1.165, 1.54) is 0 Å². The van der Waals surface area contributed by atoms with Gasteiger partial charge >= 0.3 is 0 Å². The molecule has 3 nitrogen and oxygen atoms in total. The van der Waals surface area contributed by atoms with Crippen molar-refractivity contribution in [1.82, 2.24) is 4.90 Å². The first-order chi connectivity index (χ1) is 5.26. The fourth-order valence-electron chi connectivity index (χ4n) is 1.16. The van der Waals surface area contributed by atoms with E-state index < -0.39 is 0 Å². The molecule has 0 amide bonds. The number of hydrogen-bond acceptors (Lipinski definition) is 3. The van der Waals surface area contributed by atoms with Crippen molar-refractivity contribution in [1.29, 1.82) is 0 Å². The van der Waals surface area contributed by atoms with Crippen molar-refractivity contribution in [3.05, 3.63) is 0 Å². The summed E-state index contributed by atoms with van der Waals surface area (Å²) in [6, 6.07) is 0. The van der Waals surface area contributed by atoms with Gasteiger partial charge in [-0.25, -0.2) is 0 Å². The summed E-state index contributed by atoms with van der Waals surface area (Å²) in [5.74, 6) is 0.319. The molecule has 0 spiro atoms. The predicted molar refractivity (Wildman–Crippen MR) is 42.5 cm³/mol. The van der Waals surface area contributed by atoms with Gasteiger partial charge in [-0.3, -0.25) is 9.69 Å². The normalized spacial score (nSPS) is 19.8. The highest BCUT2D eigenvalue weighted by Crippen LogP contribution is 2.09. The van der Waals surface area contributed by atoms with Gasteiger partial charge in [0.15, 0.2) is 0 Å². The highest BCUT2D eigenvalue weighted by atomic mass is 16.5. The van der Waals surface area contributed by atoms with Crippen LogP contribution >= 0.6 is 0 Å². The van der Waals surface area contributed by atoms with E-state index >= 15 is 0 Å². The van der Waals surface area contributed by atoms with Gasteiger partial charge in [-0.05, 0) is 0 Å². The van der Waals surface area contributed by atoms with E-state index in [0.717, 1.165) is 13.1 Å². The number of rotatable bonds is 4. The van der Waals surface area contributed by atoms with Crippen molar-refractivity contribution in [2.45, 2.75) is 19.4 Å². The zero-order valence-corrected chi connectivity index (χ0v) is 7.17. The zero-order chi connectivity index (χ0) is 8.27. The molecule has 0 N–H and O–H groups in total. The first kappa shape index (κ1) is 8.68. The molecule has 0 saturated carbocycles. The molecule has 0 aromatic heterocycles. The fraction of sp³-hybridized carbons (Fsp3) is 0.875. The molecule has 0 aromatic rings. The smallest absolute Gasteiger partial charge is 0.146 e. The third-order valence-corrected chi connectivity index (χ3v) is 2.05. The summed E-state index contributed by atoms with van der Waals surface area (Å²) in [6.07, 6.45) is 1.01. The lowest BCUT2D eigenvalue weighted by Crippen LogP contribution is -2.53. The van der Waals surface area contributed by atoms with Crippen molar-refractivity contribution < 1.29 is 9.53 Å². The predicted octanol–water partition coefficient (Wildman–Crippen LogP) is 0.296. The Kier molecular flexibility index (Phi) is 3.02. The van der Waals surface area contributed by atoms with Gasteiger partial charge in [-0.2, -0.15) is 0 Å². The third kappa shape index (κ3) is 2.27. The SMILES string of the molecule is CCC(=O)CN1CC(OC)C1. The Balaban J connectivity index is 2.08. The van der Waals surface area contributed by atoms with Crippen LogP contribution in [-0.2, 0) is 9.53 Å². The number of nitrogens with zero attached hydrogens (tertiary/aromatic N) is 1. The first-order valence-corrected chi connectivity index (χ1v) is 4.03. The fourth-order valence-corrected chi connectivity index (χ4v) is 1.16. The molecular weight excluding hydrogens is 142 g/mol. The van der Waals surface area contributed by atoms with Gasteiger partial charge in [0.05, 0.1) is 12.6 Å². The summed E-state index contributed by atoms with van der Waals surface area (Å²) in [7, 11) is 1.71. The van der Waals surface area contributed by atoms with Gasteiger partial charge in [-0.15, -0.1) is 0 Å². The van der Waals surface area contributed by atoms with Gasteiger partial charge in [0.2, 0.25) is 0 Å². The number of carbonyl (C=O) groups is 1. The molecule has 0 unspecified atom stereocenters. The second-order valence-corrected chi connectivity index (χ2v) is 2.94. The number of hydrogen-bond donors (Lipinski definition) is 0. The minimum Gasteiger partial charge on any atom is -0.379 e. The summed E-state index contributed by atoms with van der Waals surface area (Å²) >= 11 is 0. The summed E-state index contributed by atoms with van der Waals surface area (Å²) < 4.78 is 5.08. The molecule has 1 saturated heterocycles. The molecule has 0 bridgehead atoms. The average Bonchev–Trinajstić information content (AvgIpc) is 1.95. The Hall–Kier alpha value is -0.410. The van der Waals surface area contributed by atoms with Crippen molar-refractivity contribution >= 4 is 5.78 Å². The van der Waals surface area contributed by atoms with Crippen LogP contribution in [0.1, 0.15) is 13.3 Å². The van der Waals surface area contributed by atoms with Gasteiger partial charge in [0, 0.05) is 26.6 Å². The van der Waals surface area contributed by atoms with Crippen molar-refractivity contribution in [3.8, 4) is 0 Å². The lowest BCUT2D eigenvalue weighted by molar-refractivity contribution is -0.123. The van der Waals surface area contributed by atoms with E-state index in [-0.39, 0.29) is 0 Å². The maximum absolute atomic E-state index is 10.9. The van der Waals surface area contributed by atoms with Gasteiger partial charge in [0.1, 0.15) is 5.78 Å². The first-order valence-electron chi connectivity index (χ1n) is 4.03. The lowest BCUT2D eigenvalue weighted by atomic mass is 10.1. The summed E-state index contributed by atoms with van der Waals surface area (Å²) in [5.41, 5.74) is 0. The van der Waals surface area contributed by atoms with Gasteiger partial charge in [-0.1, -0.05) is 6.92 Å². The van der Waals surface area contributed by atoms with Crippen molar-refractivity contribution in [3.63, 3.8) is 0 Å². The van der Waals surface area contributed by atoms with Crippen LogP contribution in [0.3, 0.4) is 0 Å². The second kappa shape index (κ2) is 3.83. The van der Waals surface area contributed by atoms with Crippen LogP contribution in [0.15, 0.2) is 0 Å². The molecule has 1 fully saturated rings. The Morgan fingerprint density at radius 3 is 2.73 bits per heavy atom. The molecule has 11 heavy (non-hydrogen) atoms. The maximum atomic E-state index is 10.9. The Bertz CT molecular complexity index is 141. The number of carbonyl (C=O) groups excluding carboxylic acids is 1. The molecule has 1 aliphatic heterocycles. The Labute approximate surface area is 67.3 Å². The van der Waals surface area contributed by atoms with Crippen molar-refractivity contribution in [2.75, 3.05) is 26.7 Å². The number of likely N-dealkylation sites (tertiary alicyclic amines) is 1. The van der Waals surface area contributed by atoms with Crippen LogP contribution in [0, 0.1) is 0 Å². The van der Waals surface area contributed by atoms with E-state index in [0.29, 0.717) is 24.9 Å². The minimum atomic E-state index is 0.319. The molecule has 0 radical (unpaired) electrons. The summed E-state index contributed by atoms with van der Waals surface area (Å²) in [6.45, 7) is 4.34. The number of ether oxygens (including phenoxy) is 1. The minimum absolute atomic E-state index is 0.319. The average molecular weight is 157 g/mol. The van der Waals surface area contributed by atoms with Crippen molar-refractivity contribution in [2.24, 2.45) is 0 Å². The van der Waals surface area contributed by atoms with E-state index in [2.05, 4.69) is 4.90 Å². The van der Waals surface area contributed by atoms with Crippen LogP contribution in [0.2, 0.25) is 0 Å². The standard InChI is InChI=1S/C8H15NO2/c1-3-7(10)4-9-5-8(6-9)11-2/h8H,3-6H2,1-2H3. The second-order valence-electron chi connectivity index (χ2n) is 2.94. The zero-order valence-electron chi connectivity index (χ0n) is 7.17. The van der Waals surface area contributed by atoms with E-state index in [9.17, 15) is 4.79 Å². The van der Waals surface area contributed by atoms with E-state index in [1.807, 2.05) is 6.92 Å². The lowest BCUT2D eigenvalue weighted by Gasteiger charge is -2.37. The van der Waals surface area contributed by atoms with Gasteiger partial charge < -0.3 is 4.74 Å². The van der Waals surface area contributed by atoms with Crippen LogP contribution in [0.25, 0.3) is 0 Å². The molecule has 1 aliphatic rings. The number of methoxy groups -OCH3 is 1. The van der Waals surface area contributed by atoms with E-state index in [4.69, 9.17) is 4.74 Å². The summed E-state index contributed by atoms with van der Waals surface area (Å²) in [4.78, 5) is 13.0. The maximum Gasteiger partial charge on any atom is 0.146 e. The number of ketones is 1. The Morgan fingerprint density at radius 2 is 2.27 bits per heavy atom. The van der Waals surface area contributed by atoms with Crippen LogP contribution in [0.4, 0.5) is 0 Å². The molecule has 0 atom stereocenters. The molecule has 1 heterocycles.